The minimum atomic E-state index is -0.325. The van der Waals surface area contributed by atoms with Crippen molar-refractivity contribution in [2.75, 3.05) is 38.6 Å². The number of anilines is 1. The summed E-state index contributed by atoms with van der Waals surface area (Å²) in [6.07, 6.45) is 2.20. The SMILES string of the molecule is COCc1ccccc1NCC(O)CN1CCCC1. The third kappa shape index (κ3) is 4.49. The Morgan fingerprint density at radius 1 is 1.32 bits per heavy atom. The molecule has 1 atom stereocenters. The molecule has 0 amide bonds. The second-order valence-corrected chi connectivity index (χ2v) is 5.13. The number of aliphatic hydroxyl groups excluding tert-OH is 1. The van der Waals surface area contributed by atoms with Crippen molar-refractivity contribution in [3.05, 3.63) is 29.8 Å². The maximum atomic E-state index is 10.1. The van der Waals surface area contributed by atoms with Crippen LogP contribution in [0.5, 0.6) is 0 Å². The molecule has 0 bridgehead atoms. The predicted molar refractivity (Wildman–Crippen MR) is 77.3 cm³/mol. The van der Waals surface area contributed by atoms with Crippen LogP contribution in [0.25, 0.3) is 0 Å². The van der Waals surface area contributed by atoms with Gasteiger partial charge in [-0.1, -0.05) is 18.2 Å². The van der Waals surface area contributed by atoms with Gasteiger partial charge >= 0.3 is 0 Å². The Bertz CT molecular complexity index is 378. The summed E-state index contributed by atoms with van der Waals surface area (Å²) >= 11 is 0. The molecule has 1 heterocycles. The van der Waals surface area contributed by atoms with Crippen LogP contribution in [0.3, 0.4) is 0 Å². The van der Waals surface area contributed by atoms with Crippen LogP contribution in [0.1, 0.15) is 18.4 Å². The molecule has 2 rings (SSSR count). The van der Waals surface area contributed by atoms with Gasteiger partial charge in [-0.25, -0.2) is 0 Å². The van der Waals surface area contributed by atoms with Gasteiger partial charge in [-0.05, 0) is 32.0 Å². The molecule has 0 spiro atoms. The maximum Gasteiger partial charge on any atom is 0.0839 e. The highest BCUT2D eigenvalue weighted by Crippen LogP contribution is 2.16. The minimum Gasteiger partial charge on any atom is -0.390 e. The first-order valence-electron chi connectivity index (χ1n) is 7.00. The lowest BCUT2D eigenvalue weighted by atomic mass is 10.2. The van der Waals surface area contributed by atoms with Crippen molar-refractivity contribution in [3.63, 3.8) is 0 Å². The highest BCUT2D eigenvalue weighted by atomic mass is 16.5. The van der Waals surface area contributed by atoms with Gasteiger partial charge < -0.3 is 20.1 Å². The number of β-amino-alcohol motifs (C(OH)–C–C–N with tert-alkyl or cyclic N) is 1. The molecule has 0 aromatic heterocycles. The number of rotatable bonds is 7. The molecule has 1 aliphatic heterocycles. The van der Waals surface area contributed by atoms with Crippen LogP contribution in [0.2, 0.25) is 0 Å². The zero-order valence-electron chi connectivity index (χ0n) is 11.6. The van der Waals surface area contributed by atoms with E-state index in [1.54, 1.807) is 7.11 Å². The van der Waals surface area contributed by atoms with Crippen LogP contribution in [-0.2, 0) is 11.3 Å². The zero-order chi connectivity index (χ0) is 13.5. The number of nitrogens with one attached hydrogen (secondary N) is 1. The molecular weight excluding hydrogens is 240 g/mol. The van der Waals surface area contributed by atoms with E-state index in [4.69, 9.17) is 4.74 Å². The molecule has 0 saturated carbocycles. The van der Waals surface area contributed by atoms with Crippen LogP contribution in [0.15, 0.2) is 24.3 Å². The molecule has 1 aliphatic rings. The minimum absolute atomic E-state index is 0.325. The second kappa shape index (κ2) is 7.48. The summed E-state index contributed by atoms with van der Waals surface area (Å²) in [4.78, 5) is 2.33. The van der Waals surface area contributed by atoms with E-state index in [2.05, 4.69) is 10.2 Å². The van der Waals surface area contributed by atoms with Crippen LogP contribution < -0.4 is 5.32 Å². The van der Waals surface area contributed by atoms with Gasteiger partial charge in [0.15, 0.2) is 0 Å². The van der Waals surface area contributed by atoms with E-state index in [1.165, 1.54) is 12.8 Å². The van der Waals surface area contributed by atoms with Gasteiger partial charge in [-0.15, -0.1) is 0 Å². The van der Waals surface area contributed by atoms with E-state index in [9.17, 15) is 5.11 Å². The molecule has 4 heteroatoms. The lowest BCUT2D eigenvalue weighted by molar-refractivity contribution is 0.135. The number of ether oxygens (including phenoxy) is 1. The molecule has 1 aromatic rings. The van der Waals surface area contributed by atoms with E-state index >= 15 is 0 Å². The second-order valence-electron chi connectivity index (χ2n) is 5.13. The summed E-state index contributed by atoms with van der Waals surface area (Å²) in [7, 11) is 1.69. The van der Waals surface area contributed by atoms with Crippen LogP contribution in [0.4, 0.5) is 5.69 Å². The zero-order valence-corrected chi connectivity index (χ0v) is 11.6. The number of likely N-dealkylation sites (tertiary alicyclic amines) is 1. The monoisotopic (exact) mass is 264 g/mol. The molecule has 1 saturated heterocycles. The number of methoxy groups -OCH3 is 1. The summed E-state index contributed by atoms with van der Waals surface area (Å²) in [5.74, 6) is 0. The van der Waals surface area contributed by atoms with Gasteiger partial charge in [-0.3, -0.25) is 0 Å². The Hall–Kier alpha value is -1.10. The Morgan fingerprint density at radius 2 is 2.05 bits per heavy atom. The van der Waals surface area contributed by atoms with Gasteiger partial charge in [0.1, 0.15) is 0 Å². The Balaban J connectivity index is 1.80. The lowest BCUT2D eigenvalue weighted by Gasteiger charge is -2.20. The molecule has 0 radical (unpaired) electrons. The number of aliphatic hydroxyl groups is 1. The summed E-state index contributed by atoms with van der Waals surface area (Å²) < 4.78 is 5.17. The van der Waals surface area contributed by atoms with E-state index < -0.39 is 0 Å². The fourth-order valence-electron chi connectivity index (χ4n) is 2.53. The molecule has 106 valence electrons. The number of benzene rings is 1. The first-order chi connectivity index (χ1) is 9.29. The molecule has 2 N–H and O–H groups in total. The molecule has 4 nitrogen and oxygen atoms in total. The Morgan fingerprint density at radius 3 is 2.79 bits per heavy atom. The van der Waals surface area contributed by atoms with Crippen molar-refractivity contribution in [2.45, 2.75) is 25.6 Å². The van der Waals surface area contributed by atoms with E-state index in [0.29, 0.717) is 13.2 Å². The summed E-state index contributed by atoms with van der Waals surface area (Å²) in [5.41, 5.74) is 2.17. The summed E-state index contributed by atoms with van der Waals surface area (Å²) in [5, 5.41) is 13.4. The van der Waals surface area contributed by atoms with Gasteiger partial charge in [0, 0.05) is 31.5 Å². The number of hydrogen-bond donors (Lipinski definition) is 2. The van der Waals surface area contributed by atoms with Crippen molar-refractivity contribution >= 4 is 5.69 Å². The van der Waals surface area contributed by atoms with Crippen molar-refractivity contribution < 1.29 is 9.84 Å². The van der Waals surface area contributed by atoms with Gasteiger partial charge in [0.2, 0.25) is 0 Å². The van der Waals surface area contributed by atoms with E-state index in [-0.39, 0.29) is 6.10 Å². The fraction of sp³-hybridized carbons (Fsp3) is 0.600. The molecule has 0 aliphatic carbocycles. The highest BCUT2D eigenvalue weighted by molar-refractivity contribution is 5.50. The van der Waals surface area contributed by atoms with Crippen LogP contribution in [0, 0.1) is 0 Å². The maximum absolute atomic E-state index is 10.1. The molecular formula is C15H24N2O2. The summed E-state index contributed by atoms with van der Waals surface area (Å²) in [6.45, 7) is 4.18. The predicted octanol–water partition coefficient (Wildman–Crippen LogP) is 1.70. The molecule has 1 aromatic carbocycles. The first kappa shape index (κ1) is 14.3. The highest BCUT2D eigenvalue weighted by Gasteiger charge is 2.15. The molecule has 19 heavy (non-hydrogen) atoms. The van der Waals surface area contributed by atoms with Crippen molar-refractivity contribution in [1.29, 1.82) is 0 Å². The van der Waals surface area contributed by atoms with E-state index in [1.807, 2.05) is 24.3 Å². The van der Waals surface area contributed by atoms with Crippen molar-refractivity contribution in [3.8, 4) is 0 Å². The van der Waals surface area contributed by atoms with Gasteiger partial charge in [0.25, 0.3) is 0 Å². The Labute approximate surface area is 115 Å². The average molecular weight is 264 g/mol. The number of hydrogen-bond acceptors (Lipinski definition) is 4. The van der Waals surface area contributed by atoms with Crippen molar-refractivity contribution in [2.24, 2.45) is 0 Å². The fourth-order valence-corrected chi connectivity index (χ4v) is 2.53. The average Bonchev–Trinajstić information content (AvgIpc) is 2.91. The van der Waals surface area contributed by atoms with Crippen LogP contribution >= 0.6 is 0 Å². The third-order valence-corrected chi connectivity index (χ3v) is 3.51. The smallest absolute Gasteiger partial charge is 0.0839 e. The van der Waals surface area contributed by atoms with Crippen molar-refractivity contribution in [1.82, 2.24) is 4.90 Å². The summed E-state index contributed by atoms with van der Waals surface area (Å²) in [6, 6.07) is 8.06. The van der Waals surface area contributed by atoms with Gasteiger partial charge in [0.05, 0.1) is 12.7 Å². The topological polar surface area (TPSA) is 44.7 Å². The first-order valence-corrected chi connectivity index (χ1v) is 7.00. The largest absolute Gasteiger partial charge is 0.390 e. The number of para-hydroxylation sites is 1. The van der Waals surface area contributed by atoms with Gasteiger partial charge in [-0.2, -0.15) is 0 Å². The third-order valence-electron chi connectivity index (χ3n) is 3.51. The molecule has 1 unspecified atom stereocenters. The molecule has 1 fully saturated rings. The quantitative estimate of drug-likeness (QED) is 0.787. The Kier molecular flexibility index (Phi) is 5.63. The van der Waals surface area contributed by atoms with E-state index in [0.717, 1.165) is 30.9 Å². The van der Waals surface area contributed by atoms with Crippen LogP contribution in [-0.4, -0.2) is 49.4 Å². The normalized spacial score (nSPS) is 17.6. The lowest BCUT2D eigenvalue weighted by Crippen LogP contribution is -2.34. The standard InChI is InChI=1S/C15H24N2O2/c1-19-12-13-6-2-3-7-15(13)16-10-14(18)11-17-8-4-5-9-17/h2-3,6-7,14,16,18H,4-5,8-12H2,1H3. The number of nitrogens with zero attached hydrogens (tertiary/aromatic N) is 1.